The molecule has 1 amide bonds. The number of nitrogens with zero attached hydrogens (tertiary/aromatic N) is 1. The maximum atomic E-state index is 12.4. The number of carbonyl (C=O) groups excluding carboxylic acids is 1. The molecular weight excluding hydrogens is 370 g/mol. The summed E-state index contributed by atoms with van der Waals surface area (Å²) in [5.74, 6) is 0.730. The number of para-hydroxylation sites is 1. The Bertz CT molecular complexity index is 1100. The van der Waals surface area contributed by atoms with Crippen molar-refractivity contribution in [2.24, 2.45) is 11.0 Å². The summed E-state index contributed by atoms with van der Waals surface area (Å²) >= 11 is 0. The first-order valence-electron chi connectivity index (χ1n) is 10.3. The van der Waals surface area contributed by atoms with Crippen LogP contribution in [0.5, 0.6) is 0 Å². The van der Waals surface area contributed by atoms with Crippen molar-refractivity contribution >= 4 is 17.8 Å². The van der Waals surface area contributed by atoms with Gasteiger partial charge >= 0.3 is 0 Å². The van der Waals surface area contributed by atoms with E-state index in [9.17, 15) is 4.79 Å². The molecule has 2 aliphatic rings. The second-order valence-electron chi connectivity index (χ2n) is 7.79. The van der Waals surface area contributed by atoms with E-state index in [0.29, 0.717) is 17.4 Å². The topological polar surface area (TPSA) is 53.5 Å². The predicted octanol–water partition coefficient (Wildman–Crippen LogP) is 5.28. The van der Waals surface area contributed by atoms with Crippen LogP contribution in [0.4, 0.5) is 5.69 Å². The van der Waals surface area contributed by atoms with E-state index in [2.05, 4.69) is 64.4 Å². The first-order chi connectivity index (χ1) is 14.8. The number of hydrogen-bond donors (Lipinski definition) is 2. The molecule has 0 spiro atoms. The van der Waals surface area contributed by atoms with E-state index in [1.807, 2.05) is 42.5 Å². The number of benzene rings is 3. The Morgan fingerprint density at radius 1 is 0.967 bits per heavy atom. The van der Waals surface area contributed by atoms with Crippen molar-refractivity contribution in [1.29, 1.82) is 0 Å². The van der Waals surface area contributed by atoms with Crippen LogP contribution in [0.2, 0.25) is 0 Å². The molecule has 0 saturated heterocycles. The lowest BCUT2D eigenvalue weighted by molar-refractivity contribution is 0.0955. The lowest BCUT2D eigenvalue weighted by atomic mass is 9.77. The van der Waals surface area contributed by atoms with E-state index in [1.165, 1.54) is 16.8 Å². The molecule has 148 valence electrons. The summed E-state index contributed by atoms with van der Waals surface area (Å²) in [5, 5.41) is 7.78. The average molecular weight is 393 g/mol. The van der Waals surface area contributed by atoms with E-state index in [0.717, 1.165) is 12.0 Å². The number of rotatable bonds is 4. The molecule has 0 aromatic heterocycles. The zero-order valence-corrected chi connectivity index (χ0v) is 16.5. The fourth-order valence-electron chi connectivity index (χ4n) is 4.48. The first-order valence-corrected chi connectivity index (χ1v) is 10.3. The van der Waals surface area contributed by atoms with Gasteiger partial charge in [-0.2, -0.15) is 5.10 Å². The lowest BCUT2D eigenvalue weighted by Crippen LogP contribution is -2.29. The minimum atomic E-state index is -0.212. The van der Waals surface area contributed by atoms with Gasteiger partial charge in [0.25, 0.3) is 5.91 Å². The third kappa shape index (κ3) is 3.52. The molecule has 2 N–H and O–H groups in total. The third-order valence-corrected chi connectivity index (χ3v) is 5.98. The maximum Gasteiger partial charge on any atom is 0.271 e. The van der Waals surface area contributed by atoms with Crippen LogP contribution in [0.25, 0.3) is 0 Å². The molecule has 0 saturated carbocycles. The van der Waals surface area contributed by atoms with E-state index < -0.39 is 0 Å². The molecule has 1 aliphatic heterocycles. The van der Waals surface area contributed by atoms with Crippen molar-refractivity contribution < 1.29 is 4.79 Å². The van der Waals surface area contributed by atoms with Gasteiger partial charge in [0.15, 0.2) is 0 Å². The number of amides is 1. The standard InChI is InChI=1S/C26H23N3O/c30-26(29-27-17-18-7-2-1-3-8-18)20-15-13-19(14-16-20)25-23-11-6-10-21(23)22-9-4-5-12-24(22)28-25/h1-10,12-17,21,23,25,28H,11H2,(H,29,30). The summed E-state index contributed by atoms with van der Waals surface area (Å²) in [6, 6.07) is 26.3. The van der Waals surface area contributed by atoms with Crippen LogP contribution in [0, 0.1) is 5.92 Å². The summed E-state index contributed by atoms with van der Waals surface area (Å²) < 4.78 is 0. The highest BCUT2D eigenvalue weighted by molar-refractivity contribution is 5.94. The Morgan fingerprint density at radius 3 is 2.57 bits per heavy atom. The largest absolute Gasteiger partial charge is 0.378 e. The van der Waals surface area contributed by atoms with Crippen molar-refractivity contribution in [2.45, 2.75) is 18.4 Å². The minimum Gasteiger partial charge on any atom is -0.378 e. The first kappa shape index (κ1) is 18.4. The summed E-state index contributed by atoms with van der Waals surface area (Å²) in [7, 11) is 0. The van der Waals surface area contributed by atoms with Gasteiger partial charge in [-0.05, 0) is 47.2 Å². The van der Waals surface area contributed by atoms with Crippen molar-refractivity contribution in [2.75, 3.05) is 5.32 Å². The fraction of sp³-hybridized carbons (Fsp3) is 0.154. The predicted molar refractivity (Wildman–Crippen MR) is 121 cm³/mol. The number of hydrogen-bond acceptors (Lipinski definition) is 3. The maximum absolute atomic E-state index is 12.4. The van der Waals surface area contributed by atoms with E-state index >= 15 is 0 Å². The molecule has 1 heterocycles. The van der Waals surface area contributed by atoms with E-state index in [-0.39, 0.29) is 11.9 Å². The van der Waals surface area contributed by atoms with Crippen molar-refractivity contribution in [1.82, 2.24) is 5.43 Å². The van der Waals surface area contributed by atoms with Crippen LogP contribution in [-0.2, 0) is 0 Å². The Kier molecular flexibility index (Phi) is 4.89. The molecule has 0 fully saturated rings. The number of allylic oxidation sites excluding steroid dienone is 2. The zero-order valence-electron chi connectivity index (χ0n) is 16.5. The van der Waals surface area contributed by atoms with Gasteiger partial charge in [0.2, 0.25) is 0 Å². The van der Waals surface area contributed by atoms with Crippen LogP contribution < -0.4 is 10.7 Å². The Balaban J connectivity index is 1.30. The Labute approximate surface area is 176 Å². The highest BCUT2D eigenvalue weighted by Gasteiger charge is 2.37. The van der Waals surface area contributed by atoms with Gasteiger partial charge in [0.05, 0.1) is 12.3 Å². The monoisotopic (exact) mass is 393 g/mol. The van der Waals surface area contributed by atoms with Crippen LogP contribution in [0.1, 0.15) is 45.4 Å². The summed E-state index contributed by atoms with van der Waals surface area (Å²) in [6.07, 6.45) is 7.33. The average Bonchev–Trinajstić information content (AvgIpc) is 3.30. The normalized spacial score (nSPS) is 21.7. The molecule has 4 heteroatoms. The smallest absolute Gasteiger partial charge is 0.271 e. The zero-order chi connectivity index (χ0) is 20.3. The fourth-order valence-corrected chi connectivity index (χ4v) is 4.48. The van der Waals surface area contributed by atoms with Gasteiger partial charge in [0, 0.05) is 17.2 Å². The molecule has 3 atom stereocenters. The molecule has 30 heavy (non-hydrogen) atoms. The van der Waals surface area contributed by atoms with E-state index in [4.69, 9.17) is 0 Å². The second kappa shape index (κ2) is 7.99. The molecule has 3 aromatic rings. The Morgan fingerprint density at radius 2 is 1.73 bits per heavy atom. The molecule has 0 radical (unpaired) electrons. The highest BCUT2D eigenvalue weighted by Crippen LogP contribution is 2.49. The van der Waals surface area contributed by atoms with Gasteiger partial charge in [-0.15, -0.1) is 0 Å². The van der Waals surface area contributed by atoms with Crippen molar-refractivity contribution in [3.8, 4) is 0 Å². The van der Waals surface area contributed by atoms with E-state index in [1.54, 1.807) is 6.21 Å². The highest BCUT2D eigenvalue weighted by atomic mass is 16.2. The van der Waals surface area contributed by atoms with Crippen LogP contribution >= 0.6 is 0 Å². The molecular formula is C26H23N3O. The van der Waals surface area contributed by atoms with Crippen molar-refractivity contribution in [3.05, 3.63) is 113 Å². The van der Waals surface area contributed by atoms with Gasteiger partial charge in [-0.1, -0.05) is 72.8 Å². The lowest BCUT2D eigenvalue weighted by Gasteiger charge is -2.37. The quantitative estimate of drug-likeness (QED) is 0.360. The van der Waals surface area contributed by atoms with Crippen LogP contribution in [0.3, 0.4) is 0 Å². The Hall–Kier alpha value is -3.66. The van der Waals surface area contributed by atoms with Crippen LogP contribution in [-0.4, -0.2) is 12.1 Å². The SMILES string of the molecule is O=C(NN=Cc1ccccc1)c1ccc(C2Nc3ccccc3C3C=CCC32)cc1. The molecule has 0 bridgehead atoms. The summed E-state index contributed by atoms with van der Waals surface area (Å²) in [4.78, 5) is 12.4. The molecule has 3 aromatic carbocycles. The minimum absolute atomic E-state index is 0.212. The molecule has 3 unspecified atom stereocenters. The van der Waals surface area contributed by atoms with Gasteiger partial charge < -0.3 is 5.32 Å². The van der Waals surface area contributed by atoms with Crippen molar-refractivity contribution in [3.63, 3.8) is 0 Å². The van der Waals surface area contributed by atoms with Gasteiger partial charge in [-0.3, -0.25) is 4.79 Å². The molecule has 1 aliphatic carbocycles. The number of nitrogens with one attached hydrogen (secondary N) is 2. The number of anilines is 1. The third-order valence-electron chi connectivity index (χ3n) is 5.98. The number of carbonyl (C=O) groups is 1. The van der Waals surface area contributed by atoms with Gasteiger partial charge in [0.1, 0.15) is 0 Å². The van der Waals surface area contributed by atoms with Crippen LogP contribution in [0.15, 0.2) is 96.1 Å². The summed E-state index contributed by atoms with van der Waals surface area (Å²) in [5.41, 5.74) is 7.92. The molecule has 5 rings (SSSR count). The van der Waals surface area contributed by atoms with Gasteiger partial charge in [-0.25, -0.2) is 5.43 Å². The summed E-state index contributed by atoms with van der Waals surface area (Å²) in [6.45, 7) is 0. The number of hydrazone groups is 1. The molecule has 4 nitrogen and oxygen atoms in total. The number of fused-ring (bicyclic) bond motifs is 3. The second-order valence-corrected chi connectivity index (χ2v) is 7.79.